The second-order valence-corrected chi connectivity index (χ2v) is 6.12. The van der Waals surface area contributed by atoms with Gasteiger partial charge in [-0.2, -0.15) is 0 Å². The summed E-state index contributed by atoms with van der Waals surface area (Å²) in [4.78, 5) is 14.6. The third kappa shape index (κ3) is 3.33. The summed E-state index contributed by atoms with van der Waals surface area (Å²) in [6.07, 6.45) is 4.70. The second kappa shape index (κ2) is 6.29. The van der Waals surface area contributed by atoms with Crippen molar-refractivity contribution < 1.29 is 9.53 Å². The van der Waals surface area contributed by atoms with Crippen LogP contribution in [0.2, 0.25) is 0 Å². The SMILES string of the molecule is CCC[C@@]1(C)CCCN(C(=O)c2cccc(OC)c2)C1. The molecule has 1 amide bonds. The summed E-state index contributed by atoms with van der Waals surface area (Å²) < 4.78 is 5.20. The Balaban J connectivity index is 2.12. The summed E-state index contributed by atoms with van der Waals surface area (Å²) in [6.45, 7) is 6.27. The van der Waals surface area contributed by atoms with Crippen LogP contribution in [0, 0.1) is 5.41 Å². The predicted octanol–water partition coefficient (Wildman–Crippen LogP) is 3.74. The van der Waals surface area contributed by atoms with Gasteiger partial charge in [-0.3, -0.25) is 4.79 Å². The molecule has 20 heavy (non-hydrogen) atoms. The quantitative estimate of drug-likeness (QED) is 0.837. The van der Waals surface area contributed by atoms with Gasteiger partial charge in [0.1, 0.15) is 5.75 Å². The summed E-state index contributed by atoms with van der Waals surface area (Å²) in [7, 11) is 1.63. The second-order valence-electron chi connectivity index (χ2n) is 6.12. The van der Waals surface area contributed by atoms with Gasteiger partial charge in [0.2, 0.25) is 0 Å². The first kappa shape index (κ1) is 14.9. The molecule has 0 N–H and O–H groups in total. The van der Waals surface area contributed by atoms with Gasteiger partial charge in [-0.25, -0.2) is 0 Å². The molecule has 3 nitrogen and oxygen atoms in total. The molecule has 1 heterocycles. The molecule has 0 aromatic heterocycles. The lowest BCUT2D eigenvalue weighted by atomic mass is 9.78. The van der Waals surface area contributed by atoms with Crippen LogP contribution < -0.4 is 4.74 Å². The van der Waals surface area contributed by atoms with E-state index in [1.165, 1.54) is 19.3 Å². The maximum Gasteiger partial charge on any atom is 0.254 e. The number of piperidine rings is 1. The summed E-state index contributed by atoms with van der Waals surface area (Å²) in [6, 6.07) is 7.44. The molecule has 1 atom stereocenters. The highest BCUT2D eigenvalue weighted by Crippen LogP contribution is 2.34. The lowest BCUT2D eigenvalue weighted by Crippen LogP contribution is -2.44. The maximum atomic E-state index is 12.6. The third-order valence-corrected chi connectivity index (χ3v) is 4.24. The summed E-state index contributed by atoms with van der Waals surface area (Å²) in [5.41, 5.74) is 1.01. The highest BCUT2D eigenvalue weighted by Gasteiger charge is 2.32. The Bertz CT molecular complexity index is 468. The normalized spacial score (nSPS) is 22.6. The lowest BCUT2D eigenvalue weighted by Gasteiger charge is -2.40. The van der Waals surface area contributed by atoms with Crippen LogP contribution in [0.5, 0.6) is 5.75 Å². The molecule has 1 aliphatic rings. The van der Waals surface area contributed by atoms with E-state index in [2.05, 4.69) is 13.8 Å². The van der Waals surface area contributed by atoms with E-state index in [0.29, 0.717) is 0 Å². The molecule has 1 aromatic carbocycles. The Labute approximate surface area is 121 Å². The molecule has 1 fully saturated rings. The number of carbonyl (C=O) groups is 1. The molecule has 110 valence electrons. The lowest BCUT2D eigenvalue weighted by molar-refractivity contribution is 0.0530. The van der Waals surface area contributed by atoms with Crippen LogP contribution in [0.25, 0.3) is 0 Å². The average Bonchev–Trinajstić information content (AvgIpc) is 2.46. The molecule has 0 unspecified atom stereocenters. The van der Waals surface area contributed by atoms with E-state index in [1.54, 1.807) is 7.11 Å². The third-order valence-electron chi connectivity index (χ3n) is 4.24. The van der Waals surface area contributed by atoms with Crippen LogP contribution in [-0.2, 0) is 0 Å². The van der Waals surface area contributed by atoms with E-state index < -0.39 is 0 Å². The highest BCUT2D eigenvalue weighted by molar-refractivity contribution is 5.94. The topological polar surface area (TPSA) is 29.5 Å². The van der Waals surface area contributed by atoms with Crippen LogP contribution in [0.4, 0.5) is 0 Å². The Morgan fingerprint density at radius 1 is 1.45 bits per heavy atom. The Kier molecular flexibility index (Phi) is 4.69. The van der Waals surface area contributed by atoms with Gasteiger partial charge in [0.15, 0.2) is 0 Å². The maximum absolute atomic E-state index is 12.6. The molecular weight excluding hydrogens is 250 g/mol. The number of amides is 1. The molecule has 1 aromatic rings. The van der Waals surface area contributed by atoms with Crippen molar-refractivity contribution in [3.05, 3.63) is 29.8 Å². The number of hydrogen-bond acceptors (Lipinski definition) is 2. The van der Waals surface area contributed by atoms with Crippen molar-refractivity contribution in [2.24, 2.45) is 5.41 Å². The van der Waals surface area contributed by atoms with E-state index in [1.807, 2.05) is 29.2 Å². The fourth-order valence-electron chi connectivity index (χ4n) is 3.24. The van der Waals surface area contributed by atoms with E-state index in [-0.39, 0.29) is 11.3 Å². The Morgan fingerprint density at radius 2 is 2.25 bits per heavy atom. The van der Waals surface area contributed by atoms with Crippen LogP contribution >= 0.6 is 0 Å². The molecule has 0 radical (unpaired) electrons. The van der Waals surface area contributed by atoms with Crippen molar-refractivity contribution in [2.45, 2.75) is 39.5 Å². The van der Waals surface area contributed by atoms with Gasteiger partial charge >= 0.3 is 0 Å². The van der Waals surface area contributed by atoms with Crippen LogP contribution in [0.3, 0.4) is 0 Å². The van der Waals surface area contributed by atoms with Crippen molar-refractivity contribution >= 4 is 5.91 Å². The van der Waals surface area contributed by atoms with E-state index in [0.717, 1.165) is 30.8 Å². The number of carbonyl (C=O) groups excluding carboxylic acids is 1. The zero-order chi connectivity index (χ0) is 14.6. The predicted molar refractivity (Wildman–Crippen MR) is 81.1 cm³/mol. The van der Waals surface area contributed by atoms with Crippen molar-refractivity contribution in [3.8, 4) is 5.75 Å². The van der Waals surface area contributed by atoms with Gasteiger partial charge < -0.3 is 9.64 Å². The van der Waals surface area contributed by atoms with Crippen LogP contribution in [0.15, 0.2) is 24.3 Å². The number of benzene rings is 1. The van der Waals surface area contributed by atoms with Crippen molar-refractivity contribution in [2.75, 3.05) is 20.2 Å². The minimum atomic E-state index is 0.130. The molecule has 0 bridgehead atoms. The first-order valence-electron chi connectivity index (χ1n) is 7.51. The molecule has 2 rings (SSSR count). The minimum absolute atomic E-state index is 0.130. The standard InChI is InChI=1S/C17H25NO2/c1-4-9-17(2)10-6-11-18(13-17)16(19)14-7-5-8-15(12-14)20-3/h5,7-8,12H,4,6,9-11,13H2,1-3H3/t17-/m0/s1. The fraction of sp³-hybridized carbons (Fsp3) is 0.588. The molecular formula is C17H25NO2. The molecule has 1 aliphatic heterocycles. The van der Waals surface area contributed by atoms with Gasteiger partial charge in [0.25, 0.3) is 5.91 Å². The van der Waals surface area contributed by atoms with Crippen LogP contribution in [-0.4, -0.2) is 31.0 Å². The smallest absolute Gasteiger partial charge is 0.254 e. The number of methoxy groups -OCH3 is 1. The molecule has 0 saturated carbocycles. The fourth-order valence-corrected chi connectivity index (χ4v) is 3.24. The Hall–Kier alpha value is -1.51. The molecule has 1 saturated heterocycles. The van der Waals surface area contributed by atoms with Crippen molar-refractivity contribution in [3.63, 3.8) is 0 Å². The van der Waals surface area contributed by atoms with Gasteiger partial charge in [0, 0.05) is 18.7 Å². The van der Waals surface area contributed by atoms with Crippen molar-refractivity contribution in [1.29, 1.82) is 0 Å². The van der Waals surface area contributed by atoms with E-state index in [4.69, 9.17) is 4.74 Å². The van der Waals surface area contributed by atoms with Gasteiger partial charge in [-0.05, 0) is 42.9 Å². The van der Waals surface area contributed by atoms with Crippen molar-refractivity contribution in [1.82, 2.24) is 4.90 Å². The van der Waals surface area contributed by atoms with E-state index in [9.17, 15) is 4.79 Å². The highest BCUT2D eigenvalue weighted by atomic mass is 16.5. The summed E-state index contributed by atoms with van der Waals surface area (Å²) in [5, 5.41) is 0. The molecule has 0 aliphatic carbocycles. The number of hydrogen-bond donors (Lipinski definition) is 0. The Morgan fingerprint density at radius 3 is 2.95 bits per heavy atom. The largest absolute Gasteiger partial charge is 0.497 e. The summed E-state index contributed by atoms with van der Waals surface area (Å²) >= 11 is 0. The monoisotopic (exact) mass is 275 g/mol. The summed E-state index contributed by atoms with van der Waals surface area (Å²) in [5.74, 6) is 0.870. The first-order valence-corrected chi connectivity index (χ1v) is 7.51. The average molecular weight is 275 g/mol. The van der Waals surface area contributed by atoms with Gasteiger partial charge in [-0.1, -0.05) is 26.3 Å². The molecule has 0 spiro atoms. The zero-order valence-electron chi connectivity index (χ0n) is 12.8. The first-order chi connectivity index (χ1) is 9.58. The van der Waals surface area contributed by atoms with Gasteiger partial charge in [0.05, 0.1) is 7.11 Å². The number of ether oxygens (including phenoxy) is 1. The minimum Gasteiger partial charge on any atom is -0.497 e. The zero-order valence-corrected chi connectivity index (χ0v) is 12.8. The molecule has 3 heteroatoms. The number of nitrogens with zero attached hydrogens (tertiary/aromatic N) is 1. The number of likely N-dealkylation sites (tertiary alicyclic amines) is 1. The van der Waals surface area contributed by atoms with E-state index >= 15 is 0 Å². The van der Waals surface area contributed by atoms with Gasteiger partial charge in [-0.15, -0.1) is 0 Å². The number of rotatable bonds is 4. The van der Waals surface area contributed by atoms with Crippen LogP contribution in [0.1, 0.15) is 49.9 Å².